The summed E-state index contributed by atoms with van der Waals surface area (Å²) < 4.78 is 6.03. The number of ether oxygens (including phenoxy) is 1. The fourth-order valence-electron chi connectivity index (χ4n) is 4.63. The largest absolute Gasteiger partial charge is 0.494 e. The van der Waals surface area contributed by atoms with Gasteiger partial charge < -0.3 is 4.74 Å². The molecule has 0 atom stereocenters. The van der Waals surface area contributed by atoms with Crippen molar-refractivity contribution in [3.63, 3.8) is 0 Å². The first-order valence-corrected chi connectivity index (χ1v) is 14.1. The highest BCUT2D eigenvalue weighted by Crippen LogP contribution is 2.27. The van der Waals surface area contributed by atoms with Crippen molar-refractivity contribution in [3.05, 3.63) is 24.3 Å². The Hall–Kier alpha value is -1.71. The first-order chi connectivity index (χ1) is 16.3. The summed E-state index contributed by atoms with van der Waals surface area (Å²) in [7, 11) is 0. The van der Waals surface area contributed by atoms with Crippen molar-refractivity contribution in [2.24, 2.45) is 0 Å². The minimum absolute atomic E-state index is 0.234. The number of carbonyl (C=O) groups excluding carboxylic acids is 1. The Labute approximate surface area is 204 Å². The van der Waals surface area contributed by atoms with E-state index in [0.29, 0.717) is 6.42 Å². The third kappa shape index (κ3) is 11.3. The molecular formula is C29H50N2O2. The van der Waals surface area contributed by atoms with E-state index >= 15 is 0 Å². The fourth-order valence-corrected chi connectivity index (χ4v) is 4.63. The highest BCUT2D eigenvalue weighted by Gasteiger charge is 2.28. The van der Waals surface area contributed by atoms with E-state index in [2.05, 4.69) is 31.0 Å². The highest BCUT2D eigenvalue weighted by atomic mass is 16.5. The molecule has 0 radical (unpaired) electrons. The Bertz CT molecular complexity index is 634. The maximum absolute atomic E-state index is 12.2. The van der Waals surface area contributed by atoms with Crippen LogP contribution < -0.4 is 9.75 Å². The van der Waals surface area contributed by atoms with Gasteiger partial charge in [0.2, 0.25) is 5.91 Å². The predicted octanol–water partition coefficient (Wildman–Crippen LogP) is 8.30. The lowest BCUT2D eigenvalue weighted by molar-refractivity contribution is -0.128. The van der Waals surface area contributed by atoms with Gasteiger partial charge in [-0.25, -0.2) is 0 Å². The quantitative estimate of drug-likeness (QED) is 0.184. The minimum Gasteiger partial charge on any atom is -0.494 e. The average molecular weight is 459 g/mol. The third-order valence-electron chi connectivity index (χ3n) is 6.72. The van der Waals surface area contributed by atoms with Crippen LogP contribution in [0.3, 0.4) is 0 Å². The number of amides is 1. The summed E-state index contributed by atoms with van der Waals surface area (Å²) in [5, 5.41) is 4.04. The van der Waals surface area contributed by atoms with Gasteiger partial charge >= 0.3 is 0 Å². The normalized spacial score (nSPS) is 13.8. The SMILES string of the molecule is CCCCCCCCCCCCCCCCOc1cccc(N2CCC(=O)N2CCCC)c1. The van der Waals surface area contributed by atoms with Crippen molar-refractivity contribution < 1.29 is 9.53 Å². The number of rotatable bonds is 20. The van der Waals surface area contributed by atoms with Crippen molar-refractivity contribution in [1.29, 1.82) is 0 Å². The maximum atomic E-state index is 12.2. The van der Waals surface area contributed by atoms with Gasteiger partial charge in [-0.15, -0.1) is 0 Å². The van der Waals surface area contributed by atoms with Gasteiger partial charge in [-0.2, -0.15) is 0 Å². The molecule has 1 heterocycles. The maximum Gasteiger partial charge on any atom is 0.242 e. The number of hydrogen-bond donors (Lipinski definition) is 0. The lowest BCUT2D eigenvalue weighted by Gasteiger charge is -2.30. The molecule has 0 bridgehead atoms. The summed E-state index contributed by atoms with van der Waals surface area (Å²) in [4.78, 5) is 12.2. The monoisotopic (exact) mass is 458 g/mol. The van der Waals surface area contributed by atoms with E-state index in [1.807, 2.05) is 17.1 Å². The van der Waals surface area contributed by atoms with E-state index in [9.17, 15) is 4.79 Å². The average Bonchev–Trinajstić information content (AvgIpc) is 3.20. The molecule has 1 amide bonds. The Kier molecular flexibility index (Phi) is 14.8. The van der Waals surface area contributed by atoms with Crippen LogP contribution in [-0.2, 0) is 4.79 Å². The summed E-state index contributed by atoms with van der Waals surface area (Å²) in [5.41, 5.74) is 1.07. The van der Waals surface area contributed by atoms with Crippen molar-refractivity contribution in [2.45, 2.75) is 123 Å². The number of nitrogens with zero attached hydrogens (tertiary/aromatic N) is 2. The van der Waals surface area contributed by atoms with Crippen LogP contribution in [0.4, 0.5) is 5.69 Å². The van der Waals surface area contributed by atoms with E-state index in [1.54, 1.807) is 0 Å². The molecule has 33 heavy (non-hydrogen) atoms. The zero-order valence-electron chi connectivity index (χ0n) is 21.7. The smallest absolute Gasteiger partial charge is 0.242 e. The van der Waals surface area contributed by atoms with Crippen LogP contribution in [0.1, 0.15) is 123 Å². The molecule has 0 unspecified atom stereocenters. The van der Waals surface area contributed by atoms with E-state index < -0.39 is 0 Å². The van der Waals surface area contributed by atoms with Gasteiger partial charge in [0.15, 0.2) is 0 Å². The van der Waals surface area contributed by atoms with Crippen molar-refractivity contribution in [2.75, 3.05) is 24.7 Å². The van der Waals surface area contributed by atoms with Gasteiger partial charge in [0.1, 0.15) is 5.75 Å². The standard InChI is InChI=1S/C29H50N2O2/c1-3-5-7-8-9-10-11-12-13-14-15-16-17-18-25-33-28-21-19-20-27(26-28)30-24-22-29(32)31(30)23-6-4-2/h19-21,26H,3-18,22-25H2,1-2H3. The number of hydrazine groups is 1. The number of unbranched alkanes of at least 4 members (excludes halogenated alkanes) is 14. The summed E-state index contributed by atoms with van der Waals surface area (Å²) >= 11 is 0. The van der Waals surface area contributed by atoms with Crippen LogP contribution in [0.15, 0.2) is 24.3 Å². The molecule has 1 fully saturated rings. The van der Waals surface area contributed by atoms with Crippen molar-refractivity contribution in [1.82, 2.24) is 5.01 Å². The van der Waals surface area contributed by atoms with E-state index in [0.717, 1.165) is 50.4 Å². The second-order valence-corrected chi connectivity index (χ2v) is 9.69. The van der Waals surface area contributed by atoms with Gasteiger partial charge in [0.25, 0.3) is 0 Å². The molecule has 1 saturated heterocycles. The highest BCUT2D eigenvalue weighted by molar-refractivity contribution is 5.82. The molecule has 4 heteroatoms. The first kappa shape index (κ1) is 27.5. The summed E-state index contributed by atoms with van der Waals surface area (Å²) in [6, 6.07) is 8.23. The molecule has 188 valence electrons. The van der Waals surface area contributed by atoms with Crippen LogP contribution in [0.25, 0.3) is 0 Å². The molecule has 2 rings (SSSR count). The molecule has 4 nitrogen and oxygen atoms in total. The predicted molar refractivity (Wildman–Crippen MR) is 141 cm³/mol. The van der Waals surface area contributed by atoms with Crippen LogP contribution in [0, 0.1) is 0 Å². The Balaban J connectivity index is 1.50. The zero-order valence-corrected chi connectivity index (χ0v) is 21.7. The molecule has 0 spiro atoms. The lowest BCUT2D eigenvalue weighted by Crippen LogP contribution is -2.39. The van der Waals surface area contributed by atoms with Gasteiger partial charge in [-0.1, -0.05) is 110 Å². The lowest BCUT2D eigenvalue weighted by atomic mass is 10.0. The minimum atomic E-state index is 0.234. The Morgan fingerprint density at radius 1 is 0.758 bits per heavy atom. The molecule has 1 aliphatic heterocycles. The van der Waals surface area contributed by atoms with E-state index in [1.165, 1.54) is 83.5 Å². The Morgan fingerprint density at radius 3 is 1.94 bits per heavy atom. The number of benzene rings is 1. The second-order valence-electron chi connectivity index (χ2n) is 9.69. The summed E-state index contributed by atoms with van der Waals surface area (Å²) in [5.74, 6) is 1.15. The number of anilines is 1. The topological polar surface area (TPSA) is 32.8 Å². The molecule has 1 aromatic rings. The fraction of sp³-hybridized carbons (Fsp3) is 0.759. The van der Waals surface area contributed by atoms with Crippen molar-refractivity contribution in [3.8, 4) is 5.75 Å². The van der Waals surface area contributed by atoms with Crippen LogP contribution in [0.2, 0.25) is 0 Å². The molecule has 0 aromatic heterocycles. The summed E-state index contributed by atoms with van der Waals surface area (Å²) in [6.07, 6.45) is 22.0. The molecular weight excluding hydrogens is 408 g/mol. The van der Waals surface area contributed by atoms with Crippen LogP contribution >= 0.6 is 0 Å². The molecule has 0 N–H and O–H groups in total. The van der Waals surface area contributed by atoms with Gasteiger partial charge in [-0.3, -0.25) is 14.8 Å². The van der Waals surface area contributed by atoms with Crippen molar-refractivity contribution >= 4 is 11.6 Å². The molecule has 1 aliphatic rings. The number of carbonyl (C=O) groups is 1. The molecule has 0 saturated carbocycles. The first-order valence-electron chi connectivity index (χ1n) is 14.1. The van der Waals surface area contributed by atoms with E-state index in [4.69, 9.17) is 4.74 Å². The molecule has 0 aliphatic carbocycles. The third-order valence-corrected chi connectivity index (χ3v) is 6.72. The Morgan fingerprint density at radius 2 is 1.33 bits per heavy atom. The van der Waals surface area contributed by atoms with Crippen LogP contribution in [-0.4, -0.2) is 30.6 Å². The molecule has 1 aromatic carbocycles. The van der Waals surface area contributed by atoms with E-state index in [-0.39, 0.29) is 5.91 Å². The van der Waals surface area contributed by atoms with Gasteiger partial charge in [0.05, 0.1) is 12.3 Å². The van der Waals surface area contributed by atoms with Gasteiger partial charge in [-0.05, 0) is 25.0 Å². The van der Waals surface area contributed by atoms with Crippen LogP contribution in [0.5, 0.6) is 5.75 Å². The van der Waals surface area contributed by atoms with Gasteiger partial charge in [0, 0.05) is 25.6 Å². The summed E-state index contributed by atoms with van der Waals surface area (Å²) in [6.45, 7) is 6.80. The second kappa shape index (κ2) is 17.7. The number of hydrogen-bond acceptors (Lipinski definition) is 3. The zero-order chi connectivity index (χ0) is 23.6.